The number of Topliss-reactive ketones (excluding diaryl/α,β-unsaturated/α-hetero) is 1. The third-order valence-corrected chi connectivity index (χ3v) is 9.93. The van der Waals surface area contributed by atoms with Gasteiger partial charge in [-0.25, -0.2) is 12.8 Å². The second-order valence-electron chi connectivity index (χ2n) is 12.0. The van der Waals surface area contributed by atoms with Crippen LogP contribution in [-0.2, 0) is 29.5 Å². The first-order chi connectivity index (χ1) is 18.8. The molecule has 0 aliphatic carbocycles. The summed E-state index contributed by atoms with van der Waals surface area (Å²) < 4.78 is 42.0. The van der Waals surface area contributed by atoms with Crippen LogP contribution in [0.25, 0.3) is 0 Å². The number of nitrogens with zero attached hydrogens (tertiary/aromatic N) is 2. The van der Waals surface area contributed by atoms with E-state index < -0.39 is 10.0 Å². The molecule has 4 rings (SSSR count). The van der Waals surface area contributed by atoms with Crippen LogP contribution in [0, 0.1) is 26.6 Å². The van der Waals surface area contributed by atoms with Crippen LogP contribution in [0.4, 0.5) is 4.39 Å². The summed E-state index contributed by atoms with van der Waals surface area (Å²) in [5.41, 5.74) is 6.22. The highest BCUT2D eigenvalue weighted by Crippen LogP contribution is 2.30. The maximum Gasteiger partial charge on any atom is 0.243 e. The highest BCUT2D eigenvalue weighted by molar-refractivity contribution is 7.89. The molecule has 0 spiro atoms. The Kier molecular flexibility index (Phi) is 8.98. The second kappa shape index (κ2) is 11.9. The Balaban J connectivity index is 1.40. The van der Waals surface area contributed by atoms with Crippen molar-refractivity contribution < 1.29 is 17.6 Å². The minimum absolute atomic E-state index is 0.0921. The van der Waals surface area contributed by atoms with E-state index in [-0.39, 0.29) is 17.1 Å². The normalized spacial score (nSPS) is 14.4. The first-order valence-corrected chi connectivity index (χ1v) is 15.4. The number of aryl methyl sites for hydroxylation is 3. The number of carbonyl (C=O) groups excluding carboxylic acids is 1. The van der Waals surface area contributed by atoms with Crippen molar-refractivity contribution in [1.29, 1.82) is 0 Å². The van der Waals surface area contributed by atoms with Gasteiger partial charge in [0.25, 0.3) is 0 Å². The molecule has 3 aromatic rings. The molecule has 0 saturated heterocycles. The van der Waals surface area contributed by atoms with Gasteiger partial charge in [-0.1, -0.05) is 42.0 Å². The fraction of sp³-hybridized carbons (Fsp3) is 0.424. The lowest BCUT2D eigenvalue weighted by Gasteiger charge is -2.35. The monoisotopic (exact) mass is 564 g/mol. The number of hydrogen-bond acceptors (Lipinski definition) is 4. The smallest absolute Gasteiger partial charge is 0.243 e. The van der Waals surface area contributed by atoms with Crippen LogP contribution in [0.5, 0.6) is 0 Å². The van der Waals surface area contributed by atoms with Crippen LogP contribution in [-0.4, -0.2) is 42.0 Å². The van der Waals surface area contributed by atoms with E-state index in [1.54, 1.807) is 4.31 Å². The summed E-state index contributed by atoms with van der Waals surface area (Å²) in [6.45, 7) is 14.3. The molecule has 1 aliphatic heterocycles. The number of rotatable bonds is 9. The Bertz CT molecular complexity index is 1470. The standard InChI is InChI=1S/C33H41FN2O3S/c1-23-18-24(2)32(25(3)19-23)40(38,39)36-17-15-27-20-28(11-12-29(27)22-36)31(37)8-7-16-35(33(4,5)6)21-26-9-13-30(34)14-10-26/h9-14,18-20H,7-8,15-17,21-22H2,1-6H3. The Morgan fingerprint density at radius 1 is 0.950 bits per heavy atom. The first-order valence-electron chi connectivity index (χ1n) is 14.0. The average Bonchev–Trinajstić information content (AvgIpc) is 2.87. The first kappa shape index (κ1) is 30.1. The van der Waals surface area contributed by atoms with Gasteiger partial charge in [0.1, 0.15) is 5.82 Å². The number of ketones is 1. The minimum atomic E-state index is -3.62. The Morgan fingerprint density at radius 2 is 1.60 bits per heavy atom. The Labute approximate surface area is 239 Å². The number of hydrogen-bond donors (Lipinski definition) is 0. The fourth-order valence-electron chi connectivity index (χ4n) is 5.65. The highest BCUT2D eigenvalue weighted by atomic mass is 32.2. The van der Waals surface area contributed by atoms with E-state index in [2.05, 4.69) is 25.7 Å². The Hall–Kier alpha value is -2.87. The number of carbonyl (C=O) groups is 1. The van der Waals surface area contributed by atoms with E-state index in [1.807, 2.05) is 63.2 Å². The van der Waals surface area contributed by atoms with Gasteiger partial charge in [0.2, 0.25) is 10.0 Å². The molecule has 0 radical (unpaired) electrons. The molecule has 214 valence electrons. The number of benzene rings is 3. The molecule has 0 N–H and O–H groups in total. The predicted molar refractivity (Wildman–Crippen MR) is 159 cm³/mol. The SMILES string of the molecule is Cc1cc(C)c(S(=O)(=O)N2CCc3cc(C(=O)CCCN(Cc4ccc(F)cc4)C(C)(C)C)ccc3C2)c(C)c1. The summed E-state index contributed by atoms with van der Waals surface area (Å²) in [7, 11) is -3.62. The molecule has 0 unspecified atom stereocenters. The number of fused-ring (bicyclic) bond motifs is 1. The zero-order valence-corrected chi connectivity index (χ0v) is 25.4. The molecule has 40 heavy (non-hydrogen) atoms. The van der Waals surface area contributed by atoms with Crippen LogP contribution >= 0.6 is 0 Å². The lowest BCUT2D eigenvalue weighted by molar-refractivity contribution is 0.0945. The molecule has 0 aromatic heterocycles. The largest absolute Gasteiger partial charge is 0.294 e. The molecule has 7 heteroatoms. The van der Waals surface area contributed by atoms with Crippen molar-refractivity contribution in [2.75, 3.05) is 13.1 Å². The molecular weight excluding hydrogens is 523 g/mol. The maximum atomic E-state index is 13.6. The van der Waals surface area contributed by atoms with Crippen LogP contribution < -0.4 is 0 Å². The van der Waals surface area contributed by atoms with Crippen molar-refractivity contribution in [3.63, 3.8) is 0 Å². The van der Waals surface area contributed by atoms with Crippen LogP contribution in [0.1, 0.15) is 77.4 Å². The minimum Gasteiger partial charge on any atom is -0.294 e. The van der Waals surface area contributed by atoms with E-state index in [4.69, 9.17) is 0 Å². The lowest BCUT2D eigenvalue weighted by Crippen LogP contribution is -2.41. The van der Waals surface area contributed by atoms with Gasteiger partial charge < -0.3 is 0 Å². The third-order valence-electron chi connectivity index (χ3n) is 7.78. The predicted octanol–water partition coefficient (Wildman–Crippen LogP) is 6.76. The van der Waals surface area contributed by atoms with E-state index in [0.29, 0.717) is 42.9 Å². The summed E-state index contributed by atoms with van der Waals surface area (Å²) in [5.74, 6) is -0.146. The summed E-state index contributed by atoms with van der Waals surface area (Å²) >= 11 is 0. The van der Waals surface area contributed by atoms with Crippen molar-refractivity contribution in [2.24, 2.45) is 0 Å². The number of halogens is 1. The van der Waals surface area contributed by atoms with Crippen LogP contribution in [0.15, 0.2) is 59.5 Å². The molecule has 5 nitrogen and oxygen atoms in total. The summed E-state index contributed by atoms with van der Waals surface area (Å²) in [6.07, 6.45) is 1.73. The van der Waals surface area contributed by atoms with Crippen molar-refractivity contribution in [3.8, 4) is 0 Å². The summed E-state index contributed by atoms with van der Waals surface area (Å²) in [4.78, 5) is 15.8. The van der Waals surface area contributed by atoms with Gasteiger partial charge >= 0.3 is 0 Å². The van der Waals surface area contributed by atoms with Gasteiger partial charge in [-0.15, -0.1) is 0 Å². The topological polar surface area (TPSA) is 57.7 Å². The molecule has 1 heterocycles. The maximum absolute atomic E-state index is 13.6. The molecule has 3 aromatic carbocycles. The fourth-order valence-corrected chi connectivity index (χ4v) is 7.48. The van der Waals surface area contributed by atoms with E-state index in [1.165, 1.54) is 12.1 Å². The quantitative estimate of drug-likeness (QED) is 0.270. The summed E-state index contributed by atoms with van der Waals surface area (Å²) in [6, 6.07) is 16.1. The molecule has 0 atom stereocenters. The molecule has 1 aliphatic rings. The molecular formula is C33H41FN2O3S. The van der Waals surface area contributed by atoms with Gasteiger partial charge in [-0.3, -0.25) is 9.69 Å². The average molecular weight is 565 g/mol. The van der Waals surface area contributed by atoms with Gasteiger partial charge in [-0.05, 0) is 107 Å². The lowest BCUT2D eigenvalue weighted by atomic mass is 9.95. The molecule has 0 fully saturated rings. The van der Waals surface area contributed by atoms with Crippen LogP contribution in [0.3, 0.4) is 0 Å². The van der Waals surface area contributed by atoms with Crippen molar-refractivity contribution in [1.82, 2.24) is 9.21 Å². The molecule has 0 bridgehead atoms. The molecule has 0 amide bonds. The van der Waals surface area contributed by atoms with Gasteiger partial charge in [0, 0.05) is 37.2 Å². The summed E-state index contributed by atoms with van der Waals surface area (Å²) in [5, 5.41) is 0. The van der Waals surface area contributed by atoms with E-state index in [9.17, 15) is 17.6 Å². The van der Waals surface area contributed by atoms with Crippen LogP contribution in [0.2, 0.25) is 0 Å². The third kappa shape index (κ3) is 6.88. The van der Waals surface area contributed by atoms with Crippen molar-refractivity contribution in [3.05, 3.63) is 99.4 Å². The van der Waals surface area contributed by atoms with Crippen molar-refractivity contribution >= 4 is 15.8 Å². The Morgan fingerprint density at radius 3 is 2.23 bits per heavy atom. The van der Waals surface area contributed by atoms with Gasteiger partial charge in [0.05, 0.1) is 4.90 Å². The van der Waals surface area contributed by atoms with Gasteiger partial charge in [0.15, 0.2) is 5.78 Å². The van der Waals surface area contributed by atoms with E-state index in [0.717, 1.165) is 46.3 Å². The van der Waals surface area contributed by atoms with Gasteiger partial charge in [-0.2, -0.15) is 4.31 Å². The zero-order valence-electron chi connectivity index (χ0n) is 24.6. The van der Waals surface area contributed by atoms with Crippen molar-refractivity contribution in [2.45, 2.75) is 84.3 Å². The molecule has 0 saturated carbocycles. The number of sulfonamides is 1. The van der Waals surface area contributed by atoms with E-state index >= 15 is 0 Å². The second-order valence-corrected chi connectivity index (χ2v) is 13.9. The zero-order chi connectivity index (χ0) is 29.2. The highest BCUT2D eigenvalue weighted by Gasteiger charge is 2.31.